The summed E-state index contributed by atoms with van der Waals surface area (Å²) in [6.07, 6.45) is 2.58. The molecule has 2 aromatic carbocycles. The first-order chi connectivity index (χ1) is 14.0. The second-order valence-corrected chi connectivity index (χ2v) is 7.36. The number of anilines is 3. The Bertz CT molecular complexity index is 788. The van der Waals surface area contributed by atoms with Crippen LogP contribution in [-0.2, 0) is 9.59 Å². The average molecular weight is 398 g/mol. The summed E-state index contributed by atoms with van der Waals surface area (Å²) in [5, 5.41) is 8.79. The number of unbranched alkanes of at least 4 members (excludes halogenated alkanes) is 1. The van der Waals surface area contributed by atoms with Crippen LogP contribution in [0.25, 0.3) is 0 Å². The van der Waals surface area contributed by atoms with Crippen molar-refractivity contribution in [1.29, 1.82) is 0 Å². The molecular weight excluding hydrogens is 366 g/mol. The third kappa shape index (κ3) is 8.68. The minimum absolute atomic E-state index is 0.0121. The fraction of sp³-hybridized carbons (Fsp3) is 0.391. The van der Waals surface area contributed by atoms with E-state index in [0.717, 1.165) is 24.3 Å². The van der Waals surface area contributed by atoms with E-state index in [2.05, 4.69) is 22.9 Å². The highest BCUT2D eigenvalue weighted by atomic mass is 16.5. The third-order valence-corrected chi connectivity index (χ3v) is 4.10. The number of benzene rings is 2. The van der Waals surface area contributed by atoms with Gasteiger partial charge in [0.25, 0.3) is 0 Å². The molecule has 0 radical (unpaired) electrons. The molecule has 0 saturated carbocycles. The molecule has 2 aromatic rings. The van der Waals surface area contributed by atoms with E-state index in [0.29, 0.717) is 30.3 Å². The molecule has 6 heteroatoms. The van der Waals surface area contributed by atoms with Crippen LogP contribution < -0.4 is 20.7 Å². The first-order valence-electron chi connectivity index (χ1n) is 10.1. The zero-order chi connectivity index (χ0) is 21.1. The second kappa shape index (κ2) is 11.7. The van der Waals surface area contributed by atoms with E-state index in [1.165, 1.54) is 0 Å². The van der Waals surface area contributed by atoms with Crippen LogP contribution in [-0.4, -0.2) is 25.0 Å². The maximum absolute atomic E-state index is 12.2. The number of hydrogen-bond donors (Lipinski definition) is 3. The van der Waals surface area contributed by atoms with E-state index >= 15 is 0 Å². The molecule has 0 aliphatic carbocycles. The number of rotatable bonds is 11. The number of hydrogen-bond acceptors (Lipinski definition) is 4. The Kier molecular flexibility index (Phi) is 9.02. The van der Waals surface area contributed by atoms with Crippen LogP contribution in [0.1, 0.15) is 40.0 Å². The van der Waals surface area contributed by atoms with E-state index in [4.69, 9.17) is 4.74 Å². The summed E-state index contributed by atoms with van der Waals surface area (Å²) in [6.45, 7) is 6.96. The standard InChI is InChI=1S/C23H31N3O3/c1-4-5-13-29-21-8-6-7-20(15-21)24-16-23(28)26-19-11-9-18(10-12-19)25-22(27)14-17(2)3/h6-12,15,17,24H,4-5,13-14,16H2,1-3H3,(H,25,27)(H,26,28). The molecule has 0 heterocycles. The van der Waals surface area contributed by atoms with Crippen molar-refractivity contribution < 1.29 is 14.3 Å². The van der Waals surface area contributed by atoms with Crippen LogP contribution in [0.4, 0.5) is 17.1 Å². The molecular formula is C23H31N3O3. The molecule has 6 nitrogen and oxygen atoms in total. The second-order valence-electron chi connectivity index (χ2n) is 7.36. The minimum atomic E-state index is -0.154. The molecule has 0 aromatic heterocycles. The van der Waals surface area contributed by atoms with Crippen LogP contribution in [0.5, 0.6) is 5.75 Å². The van der Waals surface area contributed by atoms with E-state index in [1.807, 2.05) is 38.1 Å². The summed E-state index contributed by atoms with van der Waals surface area (Å²) in [7, 11) is 0. The Balaban J connectivity index is 1.79. The van der Waals surface area contributed by atoms with Gasteiger partial charge in [0.1, 0.15) is 5.75 Å². The maximum atomic E-state index is 12.2. The lowest BCUT2D eigenvalue weighted by atomic mass is 10.1. The van der Waals surface area contributed by atoms with Crippen molar-refractivity contribution >= 4 is 28.9 Å². The van der Waals surface area contributed by atoms with Gasteiger partial charge in [-0.25, -0.2) is 0 Å². The van der Waals surface area contributed by atoms with E-state index in [9.17, 15) is 9.59 Å². The number of ether oxygens (including phenoxy) is 1. The smallest absolute Gasteiger partial charge is 0.243 e. The Morgan fingerprint density at radius 1 is 0.931 bits per heavy atom. The number of amides is 2. The fourth-order valence-corrected chi connectivity index (χ4v) is 2.64. The Morgan fingerprint density at radius 3 is 2.21 bits per heavy atom. The first kappa shape index (κ1) is 22.3. The van der Waals surface area contributed by atoms with Crippen molar-refractivity contribution in [2.24, 2.45) is 5.92 Å². The number of carbonyl (C=O) groups is 2. The summed E-state index contributed by atoms with van der Waals surface area (Å²) >= 11 is 0. The first-order valence-corrected chi connectivity index (χ1v) is 10.1. The van der Waals surface area contributed by atoms with Crippen LogP contribution in [0.15, 0.2) is 48.5 Å². The summed E-state index contributed by atoms with van der Waals surface area (Å²) in [6, 6.07) is 14.7. The maximum Gasteiger partial charge on any atom is 0.243 e. The molecule has 0 saturated heterocycles. The minimum Gasteiger partial charge on any atom is -0.494 e. The summed E-state index contributed by atoms with van der Waals surface area (Å²) < 4.78 is 5.68. The molecule has 156 valence electrons. The van der Waals surface area contributed by atoms with Gasteiger partial charge in [-0.1, -0.05) is 33.3 Å². The predicted molar refractivity (Wildman–Crippen MR) is 118 cm³/mol. The van der Waals surface area contributed by atoms with Gasteiger partial charge in [-0.3, -0.25) is 9.59 Å². The van der Waals surface area contributed by atoms with Crippen LogP contribution in [0.3, 0.4) is 0 Å². The Morgan fingerprint density at radius 2 is 1.59 bits per heavy atom. The van der Waals surface area contributed by atoms with Gasteiger partial charge in [0, 0.05) is 29.5 Å². The van der Waals surface area contributed by atoms with Crippen molar-refractivity contribution in [3.8, 4) is 5.75 Å². The molecule has 0 spiro atoms. The molecule has 0 aliphatic rings. The van der Waals surface area contributed by atoms with Gasteiger partial charge in [-0.05, 0) is 48.7 Å². The molecule has 0 unspecified atom stereocenters. The molecule has 2 amide bonds. The van der Waals surface area contributed by atoms with Crippen molar-refractivity contribution in [3.63, 3.8) is 0 Å². The average Bonchev–Trinajstić information content (AvgIpc) is 2.68. The zero-order valence-electron chi connectivity index (χ0n) is 17.5. The van der Waals surface area contributed by atoms with Gasteiger partial charge in [0.05, 0.1) is 13.2 Å². The third-order valence-electron chi connectivity index (χ3n) is 4.10. The summed E-state index contributed by atoms with van der Waals surface area (Å²) in [5.41, 5.74) is 2.22. The van der Waals surface area contributed by atoms with E-state index in [1.54, 1.807) is 24.3 Å². The molecule has 3 N–H and O–H groups in total. The summed E-state index contributed by atoms with van der Waals surface area (Å²) in [5.74, 6) is 0.935. The molecule has 0 aliphatic heterocycles. The highest BCUT2D eigenvalue weighted by Gasteiger charge is 2.06. The normalized spacial score (nSPS) is 10.5. The quantitative estimate of drug-likeness (QED) is 0.471. The van der Waals surface area contributed by atoms with Crippen LogP contribution in [0, 0.1) is 5.92 Å². The lowest BCUT2D eigenvalue weighted by Gasteiger charge is -2.11. The topological polar surface area (TPSA) is 79.5 Å². The predicted octanol–water partition coefficient (Wildman–Crippen LogP) is 4.90. The van der Waals surface area contributed by atoms with Gasteiger partial charge in [0.15, 0.2) is 0 Å². The SMILES string of the molecule is CCCCOc1cccc(NCC(=O)Nc2ccc(NC(=O)CC(C)C)cc2)c1. The molecule has 0 atom stereocenters. The van der Waals surface area contributed by atoms with Crippen LogP contribution in [0.2, 0.25) is 0 Å². The molecule has 29 heavy (non-hydrogen) atoms. The highest BCUT2D eigenvalue weighted by molar-refractivity contribution is 5.94. The van der Waals surface area contributed by atoms with Crippen LogP contribution >= 0.6 is 0 Å². The van der Waals surface area contributed by atoms with Gasteiger partial charge < -0.3 is 20.7 Å². The van der Waals surface area contributed by atoms with Gasteiger partial charge in [0.2, 0.25) is 11.8 Å². The van der Waals surface area contributed by atoms with Crippen molar-refractivity contribution in [2.45, 2.75) is 40.0 Å². The van der Waals surface area contributed by atoms with E-state index < -0.39 is 0 Å². The lowest BCUT2D eigenvalue weighted by molar-refractivity contribution is -0.117. The molecule has 0 bridgehead atoms. The van der Waals surface area contributed by atoms with Gasteiger partial charge >= 0.3 is 0 Å². The van der Waals surface area contributed by atoms with E-state index in [-0.39, 0.29) is 18.4 Å². The fourth-order valence-electron chi connectivity index (χ4n) is 2.64. The zero-order valence-corrected chi connectivity index (χ0v) is 17.5. The number of nitrogens with one attached hydrogen (secondary N) is 3. The molecule has 0 fully saturated rings. The molecule has 2 rings (SSSR count). The van der Waals surface area contributed by atoms with Crippen molar-refractivity contribution in [3.05, 3.63) is 48.5 Å². The van der Waals surface area contributed by atoms with Gasteiger partial charge in [-0.15, -0.1) is 0 Å². The highest BCUT2D eigenvalue weighted by Crippen LogP contribution is 2.18. The number of carbonyl (C=O) groups excluding carboxylic acids is 2. The van der Waals surface area contributed by atoms with Gasteiger partial charge in [-0.2, -0.15) is 0 Å². The largest absolute Gasteiger partial charge is 0.494 e. The van der Waals surface area contributed by atoms with Crippen molar-refractivity contribution in [2.75, 3.05) is 29.1 Å². The Hall–Kier alpha value is -3.02. The summed E-state index contributed by atoms with van der Waals surface area (Å²) in [4.78, 5) is 24.0. The van der Waals surface area contributed by atoms with Crippen molar-refractivity contribution in [1.82, 2.24) is 0 Å². The lowest BCUT2D eigenvalue weighted by Crippen LogP contribution is -2.21. The Labute approximate surface area is 173 Å². The monoisotopic (exact) mass is 397 g/mol.